The number of imidazole rings is 1. The Balaban J connectivity index is 1.28. The maximum Gasteiger partial charge on any atom is 0.257 e. The van der Waals surface area contributed by atoms with Gasteiger partial charge in [0.05, 0.1) is 18.0 Å². The van der Waals surface area contributed by atoms with Crippen LogP contribution in [0, 0.1) is 16.8 Å². The molecule has 3 aromatic rings. The number of anilines is 1. The predicted molar refractivity (Wildman–Crippen MR) is 122 cm³/mol. The fourth-order valence-corrected chi connectivity index (χ4v) is 5.13. The van der Waals surface area contributed by atoms with E-state index in [-0.39, 0.29) is 19.1 Å². The molecule has 1 fully saturated rings. The molecule has 0 spiro atoms. The van der Waals surface area contributed by atoms with Gasteiger partial charge in [-0.2, -0.15) is 4.73 Å². The second-order valence-electron chi connectivity index (χ2n) is 9.42. The third-order valence-electron chi connectivity index (χ3n) is 7.12. The van der Waals surface area contributed by atoms with Crippen molar-refractivity contribution in [1.29, 1.82) is 0 Å². The first-order valence-corrected chi connectivity index (χ1v) is 11.8. The molecule has 1 N–H and O–H groups in total. The molecule has 1 saturated heterocycles. The van der Waals surface area contributed by atoms with E-state index in [9.17, 15) is 27.6 Å². The molecule has 0 bridgehead atoms. The van der Waals surface area contributed by atoms with Crippen LogP contribution in [0.1, 0.15) is 48.7 Å². The van der Waals surface area contributed by atoms with E-state index < -0.39 is 41.8 Å². The van der Waals surface area contributed by atoms with E-state index in [0.29, 0.717) is 40.3 Å². The molecule has 190 valence electrons. The van der Waals surface area contributed by atoms with E-state index in [0.717, 1.165) is 6.07 Å². The average molecular weight is 504 g/mol. The quantitative estimate of drug-likeness (QED) is 0.327. The number of hydrogen-bond donors (Lipinski definition) is 1. The second-order valence-corrected chi connectivity index (χ2v) is 9.42. The number of likely N-dealkylation sites (tertiary alicyclic amines) is 1. The lowest BCUT2D eigenvalue weighted by molar-refractivity contribution is -0.605. The molecule has 7 nitrogen and oxygen atoms in total. The third kappa shape index (κ3) is 4.67. The van der Waals surface area contributed by atoms with Crippen LogP contribution in [0.5, 0.6) is 0 Å². The number of piperidine rings is 1. The maximum absolute atomic E-state index is 14.7. The van der Waals surface area contributed by atoms with Gasteiger partial charge < -0.3 is 15.1 Å². The number of aryl methyl sites for hydroxylation is 1. The number of carbonyl (C=O) groups excluding carboxylic acids is 1. The van der Waals surface area contributed by atoms with Crippen molar-refractivity contribution in [3.8, 4) is 0 Å². The Morgan fingerprint density at radius 2 is 1.89 bits per heavy atom. The molecule has 2 aromatic heterocycles. The van der Waals surface area contributed by atoms with Gasteiger partial charge in [0, 0.05) is 50.3 Å². The normalized spacial score (nSPS) is 22.2. The first-order valence-electron chi connectivity index (χ1n) is 11.8. The molecule has 2 aliphatic heterocycles. The molecule has 5 rings (SSSR count). The summed E-state index contributed by atoms with van der Waals surface area (Å²) in [4.78, 5) is 19.1. The van der Waals surface area contributed by atoms with E-state index in [2.05, 4.69) is 10.3 Å². The highest BCUT2D eigenvalue weighted by Crippen LogP contribution is 2.40. The number of benzene rings is 1. The number of carbonyl (C=O) groups is 1. The smallest absolute Gasteiger partial charge is 0.257 e. The summed E-state index contributed by atoms with van der Waals surface area (Å²) >= 11 is 0. The first-order chi connectivity index (χ1) is 17.1. The van der Waals surface area contributed by atoms with Gasteiger partial charge in [0.2, 0.25) is 5.91 Å². The number of alkyl halides is 2. The molecular weight excluding hydrogens is 478 g/mol. The molecule has 11 heteroatoms. The second kappa shape index (κ2) is 9.20. The summed E-state index contributed by atoms with van der Waals surface area (Å²) in [5.74, 6) is -4.84. The number of nitrogens with zero attached hydrogens (tertiary/aromatic N) is 4. The van der Waals surface area contributed by atoms with Gasteiger partial charge in [0.15, 0.2) is 18.2 Å². The Morgan fingerprint density at radius 3 is 2.58 bits per heavy atom. The molecule has 4 heterocycles. The Bertz CT molecular complexity index is 1260. The van der Waals surface area contributed by atoms with Crippen LogP contribution in [0.2, 0.25) is 0 Å². The van der Waals surface area contributed by atoms with Gasteiger partial charge >= 0.3 is 0 Å². The van der Waals surface area contributed by atoms with Crippen LogP contribution in [-0.2, 0) is 11.2 Å². The van der Waals surface area contributed by atoms with Crippen LogP contribution in [0.15, 0.2) is 48.9 Å². The number of amides is 1. The number of halogens is 4. The van der Waals surface area contributed by atoms with Crippen LogP contribution in [0.3, 0.4) is 0 Å². The molecule has 3 atom stereocenters. The standard InChI is InChI=1S/C25H25F4N5O2/c1-15(32-9-6-25(28,29)20(13-32)16-4-7-33(36)8-5-16)24(35)31-22-14-34-21(2-3-23(34)30-22)17-10-18(26)12-19(27)11-17/h4-5,7-8,10-12,14-15,20-21H,2-3,6,9,13H2,1H3,(H,31,35). The number of hydrogen-bond acceptors (Lipinski definition) is 4. The molecule has 36 heavy (non-hydrogen) atoms. The Hall–Kier alpha value is -3.47. The zero-order valence-electron chi connectivity index (χ0n) is 19.5. The summed E-state index contributed by atoms with van der Waals surface area (Å²) in [6, 6.07) is 5.15. The zero-order valence-corrected chi connectivity index (χ0v) is 19.5. The number of nitrogens with one attached hydrogen (secondary N) is 1. The maximum atomic E-state index is 14.7. The number of fused-ring (bicyclic) bond motifs is 1. The molecule has 1 amide bonds. The summed E-state index contributed by atoms with van der Waals surface area (Å²) in [5, 5.41) is 14.1. The fraction of sp³-hybridized carbons (Fsp3) is 0.400. The summed E-state index contributed by atoms with van der Waals surface area (Å²) in [5.41, 5.74) is 0.827. The van der Waals surface area contributed by atoms with Crippen LogP contribution in [-0.4, -0.2) is 45.4 Å². The van der Waals surface area contributed by atoms with Crippen LogP contribution >= 0.6 is 0 Å². The monoisotopic (exact) mass is 503 g/mol. The van der Waals surface area contributed by atoms with Crippen molar-refractivity contribution in [2.75, 3.05) is 18.4 Å². The van der Waals surface area contributed by atoms with E-state index >= 15 is 0 Å². The molecule has 3 unspecified atom stereocenters. The van der Waals surface area contributed by atoms with Gasteiger partial charge in [0.25, 0.3) is 5.92 Å². The van der Waals surface area contributed by atoms with Crippen molar-refractivity contribution in [2.24, 2.45) is 0 Å². The van der Waals surface area contributed by atoms with Crippen LogP contribution < -0.4 is 10.0 Å². The molecule has 0 radical (unpaired) electrons. The average Bonchev–Trinajstić information content (AvgIpc) is 3.39. The van der Waals surface area contributed by atoms with Crippen molar-refractivity contribution in [2.45, 2.75) is 50.1 Å². The number of rotatable bonds is 5. The van der Waals surface area contributed by atoms with Gasteiger partial charge in [-0.25, -0.2) is 22.5 Å². The SMILES string of the molecule is CC(C(=O)Nc1cn2c(n1)CCC2c1cc(F)cc(F)c1)N1CCC(F)(F)C(c2cc[n+]([O-])cc2)C1. The largest absolute Gasteiger partial charge is 0.619 e. The lowest BCUT2D eigenvalue weighted by Crippen LogP contribution is -2.52. The summed E-state index contributed by atoms with van der Waals surface area (Å²) in [6.45, 7) is 1.64. The van der Waals surface area contributed by atoms with E-state index in [4.69, 9.17) is 0 Å². The fourth-order valence-electron chi connectivity index (χ4n) is 5.13. The summed E-state index contributed by atoms with van der Waals surface area (Å²) < 4.78 is 59.1. The highest BCUT2D eigenvalue weighted by Gasteiger charge is 2.46. The Morgan fingerprint density at radius 1 is 1.19 bits per heavy atom. The Labute approximate surface area is 204 Å². The molecule has 0 saturated carbocycles. The minimum Gasteiger partial charge on any atom is -0.619 e. The summed E-state index contributed by atoms with van der Waals surface area (Å²) in [7, 11) is 0. The predicted octanol–water partition coefficient (Wildman–Crippen LogP) is 3.78. The summed E-state index contributed by atoms with van der Waals surface area (Å²) in [6.07, 6.45) is 4.80. The van der Waals surface area contributed by atoms with E-state index in [1.807, 2.05) is 0 Å². The van der Waals surface area contributed by atoms with Crippen LogP contribution in [0.25, 0.3) is 0 Å². The van der Waals surface area contributed by atoms with Crippen molar-refractivity contribution in [3.63, 3.8) is 0 Å². The Kier molecular flexibility index (Phi) is 6.19. The van der Waals surface area contributed by atoms with Gasteiger partial charge in [-0.15, -0.1) is 0 Å². The van der Waals surface area contributed by atoms with Crippen molar-refractivity contribution < 1.29 is 27.1 Å². The highest BCUT2D eigenvalue weighted by atomic mass is 19.3. The van der Waals surface area contributed by atoms with Crippen LogP contribution in [0.4, 0.5) is 23.4 Å². The van der Waals surface area contributed by atoms with Gasteiger partial charge in [-0.05, 0) is 36.6 Å². The van der Waals surface area contributed by atoms with Gasteiger partial charge in [-0.3, -0.25) is 9.69 Å². The van der Waals surface area contributed by atoms with E-state index in [1.54, 1.807) is 22.6 Å². The first kappa shape index (κ1) is 24.2. The third-order valence-corrected chi connectivity index (χ3v) is 7.12. The molecule has 1 aromatic carbocycles. The van der Waals surface area contributed by atoms with Gasteiger partial charge in [0.1, 0.15) is 17.5 Å². The zero-order chi connectivity index (χ0) is 25.6. The minimum atomic E-state index is -2.96. The topological polar surface area (TPSA) is 77.1 Å². The van der Waals surface area contributed by atoms with Crippen molar-refractivity contribution in [1.82, 2.24) is 14.5 Å². The van der Waals surface area contributed by atoms with E-state index in [1.165, 1.54) is 36.7 Å². The number of aromatic nitrogens is 3. The highest BCUT2D eigenvalue weighted by molar-refractivity contribution is 5.93. The number of pyridine rings is 1. The molecule has 2 aliphatic rings. The minimum absolute atomic E-state index is 0.0410. The lowest BCUT2D eigenvalue weighted by atomic mass is 9.87. The molecule has 0 aliphatic carbocycles. The van der Waals surface area contributed by atoms with Crippen molar-refractivity contribution >= 4 is 11.7 Å². The lowest BCUT2D eigenvalue weighted by Gasteiger charge is -2.40. The van der Waals surface area contributed by atoms with Crippen molar-refractivity contribution in [3.05, 3.63) is 82.7 Å². The van der Waals surface area contributed by atoms with Gasteiger partial charge in [-0.1, -0.05) is 0 Å². The molecular formula is C25H25F4N5O2.